The van der Waals surface area contributed by atoms with E-state index in [9.17, 15) is 14.4 Å². The second kappa shape index (κ2) is 5.69. The summed E-state index contributed by atoms with van der Waals surface area (Å²) in [4.78, 5) is 39.3. The summed E-state index contributed by atoms with van der Waals surface area (Å²) in [5, 5.41) is 4.46. The first-order chi connectivity index (χ1) is 10.1. The molecule has 0 aliphatic carbocycles. The van der Waals surface area contributed by atoms with E-state index in [-0.39, 0.29) is 30.4 Å². The monoisotopic (exact) mass is 305 g/mol. The smallest absolute Gasteiger partial charge is 0.324 e. The van der Waals surface area contributed by atoms with Gasteiger partial charge in [0.25, 0.3) is 0 Å². The van der Waals surface area contributed by atoms with Gasteiger partial charge in [-0.15, -0.1) is 11.3 Å². The Hall–Kier alpha value is -2.15. The maximum atomic E-state index is 12.1. The number of rotatable bonds is 3. The van der Waals surface area contributed by atoms with Crippen LogP contribution < -0.4 is 5.32 Å². The Morgan fingerprint density at radius 3 is 2.95 bits per heavy atom. The number of urea groups is 1. The zero-order chi connectivity index (χ0) is 14.8. The Balaban J connectivity index is 1.60. The maximum absolute atomic E-state index is 12.1. The molecule has 1 atom stereocenters. The average molecular weight is 305 g/mol. The zero-order valence-electron chi connectivity index (χ0n) is 11.3. The molecule has 4 amide bonds. The lowest BCUT2D eigenvalue weighted by atomic mass is 10.2. The topological polar surface area (TPSA) is 69.7 Å². The third-order valence-electron chi connectivity index (χ3n) is 3.65. The molecule has 1 aromatic heterocycles. The van der Waals surface area contributed by atoms with E-state index in [1.165, 1.54) is 4.90 Å². The number of nitrogens with one attached hydrogen (secondary N) is 1. The molecule has 0 saturated carbocycles. The molecule has 3 heterocycles. The average Bonchev–Trinajstić information content (AvgIpc) is 3.18. The lowest BCUT2D eigenvalue weighted by molar-refractivity contribution is -0.128. The van der Waals surface area contributed by atoms with Gasteiger partial charge in [-0.2, -0.15) is 0 Å². The van der Waals surface area contributed by atoms with Crippen LogP contribution in [0.4, 0.5) is 4.79 Å². The Kier molecular flexibility index (Phi) is 3.74. The standard InChI is InChI=1S/C14H15N3O3S/c18-12(4-3-11-2-1-7-21-11)16-6-5-10(9-16)17-13(19)8-15-14(17)20/h1-4,7,10H,5-6,8-9H2,(H,15,20)/b4-3+. The van der Waals surface area contributed by atoms with E-state index in [1.54, 1.807) is 28.4 Å². The van der Waals surface area contributed by atoms with Crippen LogP contribution in [0.3, 0.4) is 0 Å². The molecule has 2 saturated heterocycles. The van der Waals surface area contributed by atoms with Gasteiger partial charge in [-0.25, -0.2) is 4.79 Å². The molecule has 6 nitrogen and oxygen atoms in total. The van der Waals surface area contributed by atoms with Crippen LogP contribution >= 0.6 is 11.3 Å². The van der Waals surface area contributed by atoms with Crippen molar-refractivity contribution in [2.24, 2.45) is 0 Å². The first-order valence-corrected chi connectivity index (χ1v) is 7.63. The van der Waals surface area contributed by atoms with E-state index in [1.807, 2.05) is 17.5 Å². The van der Waals surface area contributed by atoms with Crippen molar-refractivity contribution in [1.82, 2.24) is 15.1 Å². The summed E-state index contributed by atoms with van der Waals surface area (Å²) >= 11 is 1.57. The van der Waals surface area contributed by atoms with Crippen molar-refractivity contribution >= 4 is 35.3 Å². The molecular weight excluding hydrogens is 290 g/mol. The van der Waals surface area contributed by atoms with Crippen LogP contribution in [0.2, 0.25) is 0 Å². The van der Waals surface area contributed by atoms with E-state index in [0.717, 1.165) is 4.88 Å². The minimum atomic E-state index is -0.353. The fraction of sp³-hybridized carbons (Fsp3) is 0.357. The molecule has 2 fully saturated rings. The largest absolute Gasteiger partial charge is 0.337 e. The number of hydrogen-bond donors (Lipinski definition) is 1. The summed E-state index contributed by atoms with van der Waals surface area (Å²) in [5.74, 6) is -0.300. The predicted molar refractivity (Wildman–Crippen MR) is 78.6 cm³/mol. The third kappa shape index (κ3) is 2.82. The van der Waals surface area contributed by atoms with Gasteiger partial charge in [0.1, 0.15) is 0 Å². The van der Waals surface area contributed by atoms with Crippen LogP contribution in [-0.2, 0) is 9.59 Å². The first kappa shape index (κ1) is 13.8. The number of carbonyl (C=O) groups excluding carboxylic acids is 3. The zero-order valence-corrected chi connectivity index (χ0v) is 12.1. The molecule has 0 spiro atoms. The quantitative estimate of drug-likeness (QED) is 0.667. The summed E-state index contributed by atoms with van der Waals surface area (Å²) in [6, 6.07) is 3.31. The van der Waals surface area contributed by atoms with Crippen LogP contribution in [0.15, 0.2) is 23.6 Å². The van der Waals surface area contributed by atoms with Crippen molar-refractivity contribution in [2.75, 3.05) is 19.6 Å². The highest BCUT2D eigenvalue weighted by molar-refractivity contribution is 7.10. The van der Waals surface area contributed by atoms with Crippen LogP contribution in [0, 0.1) is 0 Å². The molecule has 1 aromatic rings. The number of thiophene rings is 1. The minimum Gasteiger partial charge on any atom is -0.337 e. The second-order valence-electron chi connectivity index (χ2n) is 5.00. The van der Waals surface area contributed by atoms with Gasteiger partial charge >= 0.3 is 6.03 Å². The van der Waals surface area contributed by atoms with Gasteiger partial charge in [0, 0.05) is 24.0 Å². The Labute approximate surface area is 126 Å². The van der Waals surface area contributed by atoms with Crippen molar-refractivity contribution in [3.05, 3.63) is 28.5 Å². The van der Waals surface area contributed by atoms with Crippen LogP contribution in [0.5, 0.6) is 0 Å². The maximum Gasteiger partial charge on any atom is 0.324 e. The highest BCUT2D eigenvalue weighted by Crippen LogP contribution is 2.19. The Morgan fingerprint density at radius 1 is 1.43 bits per heavy atom. The SMILES string of the molecule is O=C(/C=C/c1cccs1)N1CCC(N2C(=O)CNC2=O)C1. The number of carbonyl (C=O) groups is 3. The molecule has 7 heteroatoms. The summed E-state index contributed by atoms with van der Waals surface area (Å²) < 4.78 is 0. The van der Waals surface area contributed by atoms with Gasteiger partial charge < -0.3 is 10.2 Å². The van der Waals surface area contributed by atoms with Gasteiger partial charge in [-0.3, -0.25) is 14.5 Å². The first-order valence-electron chi connectivity index (χ1n) is 6.75. The molecule has 0 bridgehead atoms. The van der Waals surface area contributed by atoms with Gasteiger partial charge in [0.2, 0.25) is 11.8 Å². The molecule has 2 aliphatic heterocycles. The number of imide groups is 1. The van der Waals surface area contributed by atoms with E-state index in [0.29, 0.717) is 19.5 Å². The molecule has 0 radical (unpaired) electrons. The third-order valence-corrected chi connectivity index (χ3v) is 4.49. The highest BCUT2D eigenvalue weighted by Gasteiger charge is 2.39. The number of hydrogen-bond acceptors (Lipinski definition) is 4. The fourth-order valence-corrected chi connectivity index (χ4v) is 3.22. The molecule has 2 aliphatic rings. The lowest BCUT2D eigenvalue weighted by Crippen LogP contribution is -2.42. The van der Waals surface area contributed by atoms with E-state index in [2.05, 4.69) is 5.32 Å². The number of amides is 4. The second-order valence-corrected chi connectivity index (χ2v) is 5.98. The number of nitrogens with zero attached hydrogens (tertiary/aromatic N) is 2. The lowest BCUT2D eigenvalue weighted by Gasteiger charge is -2.20. The van der Waals surface area contributed by atoms with Crippen LogP contribution in [0.25, 0.3) is 6.08 Å². The van der Waals surface area contributed by atoms with Crippen LogP contribution in [-0.4, -0.2) is 53.3 Å². The fourth-order valence-electron chi connectivity index (χ4n) is 2.60. The molecule has 21 heavy (non-hydrogen) atoms. The van der Waals surface area contributed by atoms with E-state index in [4.69, 9.17) is 0 Å². The normalized spacial score (nSPS) is 22.4. The van der Waals surface area contributed by atoms with Crippen LogP contribution in [0.1, 0.15) is 11.3 Å². The molecule has 1 unspecified atom stereocenters. The molecule has 0 aromatic carbocycles. The molecule has 110 valence electrons. The van der Waals surface area contributed by atoms with Crippen molar-refractivity contribution in [3.8, 4) is 0 Å². The summed E-state index contributed by atoms with van der Waals surface area (Å²) in [7, 11) is 0. The van der Waals surface area contributed by atoms with Gasteiger partial charge in [0.05, 0.1) is 12.6 Å². The van der Waals surface area contributed by atoms with Crippen molar-refractivity contribution in [3.63, 3.8) is 0 Å². The Bertz CT molecular complexity index is 581. The van der Waals surface area contributed by atoms with E-state index >= 15 is 0 Å². The molecular formula is C14H15N3O3S. The van der Waals surface area contributed by atoms with Gasteiger partial charge in [0.15, 0.2) is 0 Å². The number of likely N-dealkylation sites (tertiary alicyclic amines) is 1. The molecule has 3 rings (SSSR count). The predicted octanol–water partition coefficient (Wildman–Crippen LogP) is 0.914. The van der Waals surface area contributed by atoms with E-state index < -0.39 is 0 Å². The summed E-state index contributed by atoms with van der Waals surface area (Å²) in [6.45, 7) is 1.03. The summed E-state index contributed by atoms with van der Waals surface area (Å²) in [5.41, 5.74) is 0. The Morgan fingerprint density at radius 2 is 2.29 bits per heavy atom. The highest BCUT2D eigenvalue weighted by atomic mass is 32.1. The molecule has 1 N–H and O–H groups in total. The summed E-state index contributed by atoms with van der Waals surface area (Å²) in [6.07, 6.45) is 3.96. The van der Waals surface area contributed by atoms with Crippen molar-refractivity contribution in [1.29, 1.82) is 0 Å². The van der Waals surface area contributed by atoms with Gasteiger partial charge in [-0.1, -0.05) is 6.07 Å². The van der Waals surface area contributed by atoms with Crippen molar-refractivity contribution in [2.45, 2.75) is 12.5 Å². The van der Waals surface area contributed by atoms with Crippen molar-refractivity contribution < 1.29 is 14.4 Å². The van der Waals surface area contributed by atoms with Gasteiger partial charge in [-0.05, 0) is 23.9 Å². The minimum absolute atomic E-state index is 0.0571.